The van der Waals surface area contributed by atoms with Gasteiger partial charge < -0.3 is 10.1 Å². The van der Waals surface area contributed by atoms with Gasteiger partial charge in [0.15, 0.2) is 0 Å². The minimum atomic E-state index is 0.466. The second-order valence-electron chi connectivity index (χ2n) is 5.16. The molecule has 0 heterocycles. The van der Waals surface area contributed by atoms with Crippen molar-refractivity contribution in [3.63, 3.8) is 0 Å². The minimum absolute atomic E-state index is 0.466. The highest BCUT2D eigenvalue weighted by atomic mass is 16.5. The fourth-order valence-electron chi connectivity index (χ4n) is 2.59. The Balaban J connectivity index is 2.19. The van der Waals surface area contributed by atoms with Gasteiger partial charge in [0.25, 0.3) is 0 Å². The van der Waals surface area contributed by atoms with Crippen LogP contribution < -0.4 is 10.1 Å². The van der Waals surface area contributed by atoms with Crippen LogP contribution in [0.2, 0.25) is 0 Å². The Morgan fingerprint density at radius 2 is 1.67 bits per heavy atom. The summed E-state index contributed by atoms with van der Waals surface area (Å²) in [6, 6.07) is 19.1. The molecule has 0 aliphatic carbocycles. The van der Waals surface area contributed by atoms with Gasteiger partial charge in [-0.2, -0.15) is 0 Å². The molecule has 2 nitrogen and oxygen atoms in total. The summed E-state index contributed by atoms with van der Waals surface area (Å²) in [6.07, 6.45) is 0.993. The maximum atomic E-state index is 5.76. The van der Waals surface area contributed by atoms with E-state index in [0.717, 1.165) is 25.3 Å². The van der Waals surface area contributed by atoms with Gasteiger partial charge in [-0.25, -0.2) is 0 Å². The molecule has 0 saturated carbocycles. The van der Waals surface area contributed by atoms with E-state index in [-0.39, 0.29) is 0 Å². The average molecular weight is 283 g/mol. The molecule has 0 aromatic heterocycles. The highest BCUT2D eigenvalue weighted by Crippen LogP contribution is 2.26. The number of para-hydroxylation sites is 1. The summed E-state index contributed by atoms with van der Waals surface area (Å²) in [5.74, 6) is 1.48. The van der Waals surface area contributed by atoms with Crippen LogP contribution in [0.25, 0.3) is 0 Å². The van der Waals surface area contributed by atoms with Gasteiger partial charge in [-0.3, -0.25) is 0 Å². The molecule has 1 atom stereocenters. The van der Waals surface area contributed by atoms with Crippen LogP contribution in [0.15, 0.2) is 54.6 Å². The van der Waals surface area contributed by atoms with Crippen molar-refractivity contribution in [1.29, 1.82) is 0 Å². The molecule has 2 aromatic rings. The summed E-state index contributed by atoms with van der Waals surface area (Å²) < 4.78 is 5.76. The zero-order chi connectivity index (χ0) is 14.9. The van der Waals surface area contributed by atoms with Gasteiger partial charge in [-0.15, -0.1) is 0 Å². The Morgan fingerprint density at radius 1 is 0.952 bits per heavy atom. The lowest BCUT2D eigenvalue weighted by Crippen LogP contribution is -2.22. The Bertz CT molecular complexity index is 524. The topological polar surface area (TPSA) is 21.3 Å². The highest BCUT2D eigenvalue weighted by Gasteiger charge is 2.14. The lowest BCUT2D eigenvalue weighted by Gasteiger charge is -2.19. The fraction of sp³-hybridized carbons (Fsp3) is 0.368. The number of likely N-dealkylation sites (N-methyl/N-ethyl adjacent to an activating group) is 1. The molecule has 0 bridgehead atoms. The van der Waals surface area contributed by atoms with Crippen molar-refractivity contribution < 1.29 is 4.74 Å². The van der Waals surface area contributed by atoms with E-state index >= 15 is 0 Å². The molecule has 0 amide bonds. The lowest BCUT2D eigenvalue weighted by molar-refractivity contribution is 0.335. The van der Waals surface area contributed by atoms with Gasteiger partial charge in [-0.05, 0) is 37.1 Å². The molecule has 0 saturated heterocycles. The lowest BCUT2D eigenvalue weighted by atomic mass is 9.91. The first kappa shape index (κ1) is 15.6. The maximum Gasteiger partial charge on any atom is 0.122 e. The van der Waals surface area contributed by atoms with Crippen LogP contribution in [-0.4, -0.2) is 19.7 Å². The number of ether oxygens (including phenoxy) is 1. The number of hydrogen-bond acceptors (Lipinski definition) is 2. The molecular formula is C19H25NO. The molecule has 112 valence electrons. The van der Waals surface area contributed by atoms with Gasteiger partial charge in [-0.1, -0.05) is 55.5 Å². The van der Waals surface area contributed by atoms with Crippen molar-refractivity contribution in [3.05, 3.63) is 65.7 Å². The largest absolute Gasteiger partial charge is 0.494 e. The normalized spacial score (nSPS) is 12.1. The number of benzene rings is 2. The second-order valence-corrected chi connectivity index (χ2v) is 5.16. The molecule has 2 rings (SSSR count). The molecule has 0 spiro atoms. The Labute approximate surface area is 128 Å². The molecule has 2 aromatic carbocycles. The summed E-state index contributed by atoms with van der Waals surface area (Å²) in [5, 5.41) is 3.48. The number of nitrogens with one attached hydrogen (secondary N) is 1. The van der Waals surface area contributed by atoms with E-state index < -0.39 is 0 Å². The summed E-state index contributed by atoms with van der Waals surface area (Å²) in [7, 11) is 0. The summed E-state index contributed by atoms with van der Waals surface area (Å²) in [4.78, 5) is 0. The van der Waals surface area contributed by atoms with Gasteiger partial charge in [0, 0.05) is 12.5 Å². The molecule has 2 heteroatoms. The van der Waals surface area contributed by atoms with Crippen molar-refractivity contribution in [1.82, 2.24) is 5.32 Å². The smallest absolute Gasteiger partial charge is 0.122 e. The van der Waals surface area contributed by atoms with E-state index in [1.54, 1.807) is 0 Å². The molecular weight excluding hydrogens is 258 g/mol. The van der Waals surface area contributed by atoms with E-state index in [0.29, 0.717) is 12.5 Å². The third-order valence-corrected chi connectivity index (χ3v) is 3.65. The molecule has 21 heavy (non-hydrogen) atoms. The number of hydrogen-bond donors (Lipinski definition) is 1. The Kier molecular flexibility index (Phi) is 6.29. The van der Waals surface area contributed by atoms with Crippen LogP contribution in [0.1, 0.15) is 30.9 Å². The van der Waals surface area contributed by atoms with Crippen LogP contribution in [0.5, 0.6) is 5.75 Å². The van der Waals surface area contributed by atoms with Crippen molar-refractivity contribution in [2.75, 3.05) is 19.7 Å². The van der Waals surface area contributed by atoms with Crippen LogP contribution in [0, 0.1) is 0 Å². The molecule has 0 fully saturated rings. The van der Waals surface area contributed by atoms with Gasteiger partial charge >= 0.3 is 0 Å². The Hall–Kier alpha value is -1.80. The predicted molar refractivity (Wildman–Crippen MR) is 89.0 cm³/mol. The quantitative estimate of drug-likeness (QED) is 0.790. The second kappa shape index (κ2) is 8.48. The van der Waals surface area contributed by atoms with Crippen molar-refractivity contribution in [3.8, 4) is 5.75 Å². The van der Waals surface area contributed by atoms with Crippen LogP contribution in [-0.2, 0) is 6.42 Å². The van der Waals surface area contributed by atoms with Crippen molar-refractivity contribution in [2.45, 2.75) is 26.2 Å². The first-order valence-electron chi connectivity index (χ1n) is 7.81. The summed E-state index contributed by atoms with van der Waals surface area (Å²) in [6.45, 7) is 6.87. The van der Waals surface area contributed by atoms with Crippen LogP contribution in [0.4, 0.5) is 0 Å². The molecule has 0 radical (unpaired) electrons. The predicted octanol–water partition coefficient (Wildman–Crippen LogP) is 4.02. The van der Waals surface area contributed by atoms with E-state index in [9.17, 15) is 0 Å². The first-order chi connectivity index (χ1) is 10.3. The SMILES string of the molecule is CCNCC(Cc1ccccc1OCC)c1ccccc1. The van der Waals surface area contributed by atoms with Crippen LogP contribution >= 0.6 is 0 Å². The standard InChI is InChI=1S/C19H25NO/c1-3-20-15-18(16-10-6-5-7-11-16)14-17-12-8-9-13-19(17)21-4-2/h5-13,18,20H,3-4,14-15H2,1-2H3. The first-order valence-corrected chi connectivity index (χ1v) is 7.81. The third-order valence-electron chi connectivity index (χ3n) is 3.65. The van der Waals surface area contributed by atoms with Crippen LogP contribution in [0.3, 0.4) is 0 Å². The van der Waals surface area contributed by atoms with E-state index in [4.69, 9.17) is 4.74 Å². The molecule has 1 unspecified atom stereocenters. The molecule has 0 aliphatic heterocycles. The average Bonchev–Trinajstić information content (AvgIpc) is 2.54. The van der Waals surface area contributed by atoms with Crippen molar-refractivity contribution in [2.24, 2.45) is 0 Å². The van der Waals surface area contributed by atoms with E-state index in [2.05, 4.69) is 60.8 Å². The summed E-state index contributed by atoms with van der Waals surface area (Å²) >= 11 is 0. The fourth-order valence-corrected chi connectivity index (χ4v) is 2.59. The third kappa shape index (κ3) is 4.61. The zero-order valence-corrected chi connectivity index (χ0v) is 13.0. The van der Waals surface area contributed by atoms with Gasteiger partial charge in [0.05, 0.1) is 6.61 Å². The number of rotatable bonds is 8. The van der Waals surface area contributed by atoms with Gasteiger partial charge in [0.2, 0.25) is 0 Å². The van der Waals surface area contributed by atoms with Gasteiger partial charge in [0.1, 0.15) is 5.75 Å². The monoisotopic (exact) mass is 283 g/mol. The molecule has 0 aliphatic rings. The minimum Gasteiger partial charge on any atom is -0.494 e. The Morgan fingerprint density at radius 3 is 2.38 bits per heavy atom. The molecule has 1 N–H and O–H groups in total. The highest BCUT2D eigenvalue weighted by molar-refractivity contribution is 5.35. The maximum absolute atomic E-state index is 5.76. The van der Waals surface area contributed by atoms with E-state index in [1.165, 1.54) is 11.1 Å². The summed E-state index contributed by atoms with van der Waals surface area (Å²) in [5.41, 5.74) is 2.66. The van der Waals surface area contributed by atoms with E-state index in [1.807, 2.05) is 13.0 Å². The zero-order valence-electron chi connectivity index (χ0n) is 13.0. The van der Waals surface area contributed by atoms with Crippen molar-refractivity contribution >= 4 is 0 Å².